The molecule has 0 radical (unpaired) electrons. The lowest BCUT2D eigenvalue weighted by Gasteiger charge is -2.44. The lowest BCUT2D eigenvalue weighted by atomic mass is 9.85. The van der Waals surface area contributed by atoms with Crippen molar-refractivity contribution in [2.24, 2.45) is 5.16 Å². The Labute approximate surface area is 185 Å². The molecule has 0 aliphatic carbocycles. The summed E-state index contributed by atoms with van der Waals surface area (Å²) in [6.07, 6.45) is 1.78. The maximum Gasteiger partial charge on any atom is 0.222 e. The molecule has 0 saturated carbocycles. The molecule has 2 aliphatic rings. The number of halogens is 3. The summed E-state index contributed by atoms with van der Waals surface area (Å²) in [4.78, 5) is 19.2. The molecular weight excluding hydrogens is 426 g/mol. The third-order valence-electron chi connectivity index (χ3n) is 5.77. The molecule has 1 fully saturated rings. The van der Waals surface area contributed by atoms with Gasteiger partial charge in [0.05, 0.1) is 18.8 Å². The van der Waals surface area contributed by atoms with E-state index in [1.165, 1.54) is 0 Å². The lowest BCUT2D eigenvalue weighted by molar-refractivity contribution is -0.146. The lowest BCUT2D eigenvalue weighted by Crippen LogP contribution is -2.58. The predicted octanol–water partition coefficient (Wildman–Crippen LogP) is 5.84. The van der Waals surface area contributed by atoms with Crippen LogP contribution in [0.2, 0.25) is 10.0 Å². The van der Waals surface area contributed by atoms with Crippen molar-refractivity contribution in [2.75, 3.05) is 13.1 Å². The highest BCUT2D eigenvalue weighted by Gasteiger charge is 2.47. The fraction of sp³-hybridized carbons (Fsp3) is 0.391. The van der Waals surface area contributed by atoms with Crippen LogP contribution in [0.3, 0.4) is 0 Å². The Hall–Kier alpha value is -2.11. The number of carbonyl (C=O) groups excluding carboxylic acids is 1. The number of hydrogen-bond donors (Lipinski definition) is 0. The largest absolute Gasteiger partial charge is 0.384 e. The molecule has 30 heavy (non-hydrogen) atoms. The molecule has 2 heterocycles. The Balaban J connectivity index is 1.45. The van der Waals surface area contributed by atoms with E-state index in [4.69, 9.17) is 28.0 Å². The molecule has 158 valence electrons. The van der Waals surface area contributed by atoms with Crippen LogP contribution < -0.4 is 0 Å². The van der Waals surface area contributed by atoms with Gasteiger partial charge < -0.3 is 9.74 Å². The molecule has 2 aromatic carbocycles. The van der Waals surface area contributed by atoms with Gasteiger partial charge in [0.2, 0.25) is 5.91 Å². The second kappa shape index (κ2) is 7.86. The number of oxime groups is 1. The Bertz CT molecular complexity index is 983. The molecule has 1 unspecified atom stereocenters. The predicted molar refractivity (Wildman–Crippen MR) is 117 cm³/mol. The fourth-order valence-corrected chi connectivity index (χ4v) is 4.49. The van der Waals surface area contributed by atoms with Crippen LogP contribution >= 0.6 is 23.2 Å². The topological polar surface area (TPSA) is 41.9 Å². The number of nitrogens with zero attached hydrogens (tertiary/aromatic N) is 2. The van der Waals surface area contributed by atoms with Gasteiger partial charge in [-0.1, -0.05) is 59.5 Å². The third-order valence-corrected chi connectivity index (χ3v) is 6.21. The van der Waals surface area contributed by atoms with Gasteiger partial charge in [-0.25, -0.2) is 4.39 Å². The number of likely N-dealkylation sites (tertiary alicyclic amines) is 1. The molecule has 0 spiro atoms. The van der Waals surface area contributed by atoms with E-state index in [0.29, 0.717) is 28.5 Å². The molecule has 1 amide bonds. The van der Waals surface area contributed by atoms with Crippen molar-refractivity contribution < 1.29 is 14.0 Å². The van der Waals surface area contributed by atoms with Gasteiger partial charge in [0.1, 0.15) is 0 Å². The van der Waals surface area contributed by atoms with Crippen molar-refractivity contribution in [1.82, 2.24) is 4.90 Å². The molecule has 2 aromatic rings. The Kier molecular flexibility index (Phi) is 5.54. The van der Waals surface area contributed by atoms with Crippen LogP contribution in [0.4, 0.5) is 4.39 Å². The summed E-state index contributed by atoms with van der Waals surface area (Å²) >= 11 is 12.3. The van der Waals surface area contributed by atoms with Crippen LogP contribution in [0.15, 0.2) is 47.6 Å². The van der Waals surface area contributed by atoms with Crippen molar-refractivity contribution >= 4 is 34.8 Å². The normalized spacial score (nSPS) is 22.3. The number of benzene rings is 2. The van der Waals surface area contributed by atoms with E-state index in [1.54, 1.807) is 23.1 Å². The number of amides is 1. The van der Waals surface area contributed by atoms with Crippen molar-refractivity contribution in [1.29, 1.82) is 0 Å². The minimum atomic E-state index is -1.48. The Morgan fingerprint density at radius 2 is 1.77 bits per heavy atom. The summed E-state index contributed by atoms with van der Waals surface area (Å²) in [5.41, 5.74) is 0.930. The maximum atomic E-state index is 15.1. The number of carbonyl (C=O) groups is 1. The summed E-state index contributed by atoms with van der Waals surface area (Å²) in [6, 6.07) is 12.6. The summed E-state index contributed by atoms with van der Waals surface area (Å²) in [5.74, 6) is 0.0141. The molecule has 0 N–H and O–H groups in total. The van der Waals surface area contributed by atoms with Crippen LogP contribution in [0, 0.1) is 0 Å². The maximum absolute atomic E-state index is 15.1. The van der Waals surface area contributed by atoms with Gasteiger partial charge in [-0.3, -0.25) is 4.79 Å². The van der Waals surface area contributed by atoms with Crippen molar-refractivity contribution in [3.8, 4) is 0 Å². The molecule has 0 aromatic heterocycles. The first-order valence-corrected chi connectivity index (χ1v) is 10.8. The zero-order chi connectivity index (χ0) is 21.5. The molecule has 7 heteroatoms. The van der Waals surface area contributed by atoms with Crippen molar-refractivity contribution in [3.63, 3.8) is 0 Å². The van der Waals surface area contributed by atoms with E-state index in [2.05, 4.69) is 5.16 Å². The Morgan fingerprint density at radius 1 is 1.13 bits per heavy atom. The highest BCUT2D eigenvalue weighted by Crippen LogP contribution is 2.40. The average Bonchev–Trinajstić information content (AvgIpc) is 3.09. The highest BCUT2D eigenvalue weighted by molar-refractivity contribution is 6.34. The quantitative estimate of drug-likeness (QED) is 0.576. The van der Waals surface area contributed by atoms with Gasteiger partial charge in [0, 0.05) is 28.5 Å². The van der Waals surface area contributed by atoms with E-state index in [9.17, 15) is 4.79 Å². The van der Waals surface area contributed by atoms with Gasteiger partial charge in [0.15, 0.2) is 11.3 Å². The zero-order valence-corrected chi connectivity index (χ0v) is 18.4. The average molecular weight is 449 g/mol. The minimum absolute atomic E-state index is 0.0141. The second-order valence-corrected chi connectivity index (χ2v) is 9.11. The zero-order valence-electron chi connectivity index (χ0n) is 16.9. The molecule has 4 nitrogen and oxygen atoms in total. The smallest absolute Gasteiger partial charge is 0.222 e. The van der Waals surface area contributed by atoms with Crippen molar-refractivity contribution in [3.05, 3.63) is 69.2 Å². The van der Waals surface area contributed by atoms with Gasteiger partial charge in [0.25, 0.3) is 0 Å². The minimum Gasteiger partial charge on any atom is -0.384 e. The molecule has 0 bridgehead atoms. The first-order chi connectivity index (χ1) is 14.2. The molecular formula is C23H23Cl2FN2O2. The van der Waals surface area contributed by atoms with Gasteiger partial charge in [-0.2, -0.15) is 0 Å². The van der Waals surface area contributed by atoms with Gasteiger partial charge in [-0.15, -0.1) is 0 Å². The summed E-state index contributed by atoms with van der Waals surface area (Å²) < 4.78 is 15.1. The summed E-state index contributed by atoms with van der Waals surface area (Å²) in [6.45, 7) is 4.11. The standard InChI is InChI=1S/C23H23Cl2FN2O2/c1-3-4-21(29)28-13-23(26,14-28)16-7-5-15(6-8-16)20-12-22(2,30-27-20)17-9-18(24)11-19(25)10-17/h5-11H,3-4,12-14H2,1-2H3. The van der Waals surface area contributed by atoms with E-state index in [-0.39, 0.29) is 19.0 Å². The molecule has 4 rings (SSSR count). The fourth-order valence-electron chi connectivity index (χ4n) is 3.96. The number of hydrogen-bond acceptors (Lipinski definition) is 3. The van der Waals surface area contributed by atoms with E-state index in [0.717, 1.165) is 23.3 Å². The van der Waals surface area contributed by atoms with Crippen LogP contribution in [0.25, 0.3) is 0 Å². The third kappa shape index (κ3) is 3.93. The monoisotopic (exact) mass is 448 g/mol. The van der Waals surface area contributed by atoms with Crippen LogP contribution in [-0.4, -0.2) is 29.6 Å². The summed E-state index contributed by atoms with van der Waals surface area (Å²) in [7, 11) is 0. The number of alkyl halides is 1. The van der Waals surface area contributed by atoms with Crippen molar-refractivity contribution in [2.45, 2.75) is 44.4 Å². The van der Waals surface area contributed by atoms with Crippen LogP contribution in [0.1, 0.15) is 49.8 Å². The van der Waals surface area contributed by atoms with E-state index in [1.807, 2.05) is 38.1 Å². The van der Waals surface area contributed by atoms with Gasteiger partial charge >= 0.3 is 0 Å². The molecule has 1 saturated heterocycles. The number of rotatable bonds is 5. The van der Waals surface area contributed by atoms with E-state index < -0.39 is 11.3 Å². The van der Waals surface area contributed by atoms with Crippen LogP contribution in [0.5, 0.6) is 0 Å². The van der Waals surface area contributed by atoms with Gasteiger partial charge in [-0.05, 0) is 42.7 Å². The Morgan fingerprint density at radius 3 is 2.37 bits per heavy atom. The van der Waals surface area contributed by atoms with E-state index >= 15 is 4.39 Å². The van der Waals surface area contributed by atoms with Crippen LogP contribution in [-0.2, 0) is 20.9 Å². The molecule has 2 aliphatic heterocycles. The first-order valence-electron chi connectivity index (χ1n) is 10.0. The second-order valence-electron chi connectivity index (χ2n) is 8.24. The first kappa shape index (κ1) is 21.1. The highest BCUT2D eigenvalue weighted by atomic mass is 35.5. The SMILES string of the molecule is CCCC(=O)N1CC(F)(c2ccc(C3=NOC(C)(c4cc(Cl)cc(Cl)c4)C3)cc2)C1. The summed E-state index contributed by atoms with van der Waals surface area (Å²) in [5, 5.41) is 5.34. The molecule has 1 atom stereocenters.